The first-order chi connectivity index (χ1) is 14.1. The normalized spacial score (nSPS) is 16.6. The SMILES string of the molecule is O=C(c1sc2cc(Cl)ccc2c1Cl)N1CCN(Cc2ccc3c(c2)OCO3)CC1. The molecule has 5 rings (SSSR count). The lowest BCUT2D eigenvalue weighted by molar-refractivity contribution is 0.0633. The van der Waals surface area contributed by atoms with Crippen LogP contribution in [0.2, 0.25) is 10.0 Å². The number of ether oxygens (including phenoxy) is 2. The number of carbonyl (C=O) groups is 1. The average molecular weight is 449 g/mol. The monoisotopic (exact) mass is 448 g/mol. The van der Waals surface area contributed by atoms with E-state index in [0.29, 0.717) is 28.0 Å². The fourth-order valence-electron chi connectivity index (χ4n) is 3.73. The van der Waals surface area contributed by atoms with E-state index in [0.717, 1.165) is 41.2 Å². The third kappa shape index (κ3) is 3.66. The van der Waals surface area contributed by atoms with E-state index in [2.05, 4.69) is 11.0 Å². The molecule has 0 aliphatic carbocycles. The number of hydrogen-bond donors (Lipinski definition) is 0. The first-order valence-electron chi connectivity index (χ1n) is 9.36. The van der Waals surface area contributed by atoms with Crippen molar-refractivity contribution in [3.8, 4) is 11.5 Å². The zero-order valence-electron chi connectivity index (χ0n) is 15.5. The smallest absolute Gasteiger partial charge is 0.265 e. The second-order valence-corrected chi connectivity index (χ2v) is 9.01. The summed E-state index contributed by atoms with van der Waals surface area (Å²) in [7, 11) is 0. The van der Waals surface area contributed by atoms with Gasteiger partial charge < -0.3 is 14.4 Å². The maximum absolute atomic E-state index is 13.0. The number of fused-ring (bicyclic) bond motifs is 2. The minimum absolute atomic E-state index is 0.00458. The van der Waals surface area contributed by atoms with Crippen molar-refractivity contribution in [2.75, 3.05) is 33.0 Å². The Balaban J connectivity index is 1.25. The Hall–Kier alpha value is -1.99. The highest BCUT2D eigenvalue weighted by Crippen LogP contribution is 2.37. The molecule has 29 heavy (non-hydrogen) atoms. The third-order valence-corrected chi connectivity index (χ3v) is 7.17. The summed E-state index contributed by atoms with van der Waals surface area (Å²) >= 11 is 14.0. The average Bonchev–Trinajstić information content (AvgIpc) is 3.32. The topological polar surface area (TPSA) is 42.0 Å². The van der Waals surface area contributed by atoms with Gasteiger partial charge in [-0.05, 0) is 29.8 Å². The fraction of sp³-hybridized carbons (Fsp3) is 0.286. The number of piperazine rings is 1. The first-order valence-corrected chi connectivity index (χ1v) is 10.9. The molecular formula is C21H18Cl2N2O3S. The minimum Gasteiger partial charge on any atom is -0.454 e. The van der Waals surface area contributed by atoms with Crippen LogP contribution in [-0.4, -0.2) is 48.7 Å². The Morgan fingerprint density at radius 1 is 1.00 bits per heavy atom. The molecule has 5 nitrogen and oxygen atoms in total. The van der Waals surface area contributed by atoms with Gasteiger partial charge in [-0.1, -0.05) is 35.3 Å². The Labute approximate surface area is 182 Å². The summed E-state index contributed by atoms with van der Waals surface area (Å²) in [4.78, 5) is 17.9. The molecule has 3 aromatic rings. The number of thiophene rings is 1. The van der Waals surface area contributed by atoms with E-state index in [-0.39, 0.29) is 12.7 Å². The van der Waals surface area contributed by atoms with Crippen molar-refractivity contribution in [3.05, 3.63) is 56.9 Å². The summed E-state index contributed by atoms with van der Waals surface area (Å²) in [6.07, 6.45) is 0. The van der Waals surface area contributed by atoms with Crippen LogP contribution in [0.3, 0.4) is 0 Å². The van der Waals surface area contributed by atoms with Crippen LogP contribution < -0.4 is 9.47 Å². The maximum Gasteiger partial charge on any atom is 0.265 e. The summed E-state index contributed by atoms with van der Waals surface area (Å²) in [6, 6.07) is 11.6. The summed E-state index contributed by atoms with van der Waals surface area (Å²) in [5.41, 5.74) is 1.18. The maximum atomic E-state index is 13.0. The molecule has 150 valence electrons. The predicted octanol–water partition coefficient (Wildman–Crippen LogP) is 4.89. The van der Waals surface area contributed by atoms with Gasteiger partial charge in [0.25, 0.3) is 5.91 Å². The number of rotatable bonds is 3. The summed E-state index contributed by atoms with van der Waals surface area (Å²) in [5.74, 6) is 1.59. The molecule has 0 spiro atoms. The molecule has 1 aromatic heterocycles. The number of benzene rings is 2. The Kier molecular flexibility index (Phi) is 5.04. The second-order valence-electron chi connectivity index (χ2n) is 7.14. The number of nitrogens with zero attached hydrogens (tertiary/aromatic N) is 2. The molecule has 0 N–H and O–H groups in total. The molecular weight excluding hydrogens is 431 g/mol. The number of carbonyl (C=O) groups excluding carboxylic acids is 1. The Morgan fingerprint density at radius 2 is 1.79 bits per heavy atom. The standard InChI is InChI=1S/C21H18Cl2N2O3S/c22-14-2-3-15-18(10-14)29-20(19(15)23)21(26)25-7-5-24(6-8-25)11-13-1-4-16-17(9-13)28-12-27-16/h1-4,9-10H,5-8,11-12H2. The molecule has 2 aliphatic rings. The van der Waals surface area contributed by atoms with Gasteiger partial charge in [-0.25, -0.2) is 0 Å². The molecule has 0 unspecified atom stereocenters. The van der Waals surface area contributed by atoms with Gasteiger partial charge in [0.2, 0.25) is 6.79 Å². The van der Waals surface area contributed by atoms with Gasteiger partial charge in [0.1, 0.15) is 4.88 Å². The van der Waals surface area contributed by atoms with Crippen LogP contribution in [0.1, 0.15) is 15.2 Å². The van der Waals surface area contributed by atoms with Gasteiger partial charge in [-0.3, -0.25) is 9.69 Å². The van der Waals surface area contributed by atoms with Crippen LogP contribution in [0.5, 0.6) is 11.5 Å². The lowest BCUT2D eigenvalue weighted by Crippen LogP contribution is -2.48. The molecule has 0 saturated carbocycles. The van der Waals surface area contributed by atoms with Crippen molar-refractivity contribution in [3.63, 3.8) is 0 Å². The van der Waals surface area contributed by atoms with Gasteiger partial charge in [0.05, 0.1) is 5.02 Å². The molecule has 1 saturated heterocycles. The van der Waals surface area contributed by atoms with Crippen molar-refractivity contribution in [1.82, 2.24) is 9.80 Å². The van der Waals surface area contributed by atoms with Crippen molar-refractivity contribution in [2.24, 2.45) is 0 Å². The lowest BCUT2D eigenvalue weighted by Gasteiger charge is -2.34. The highest BCUT2D eigenvalue weighted by molar-refractivity contribution is 7.21. The summed E-state index contributed by atoms with van der Waals surface area (Å²) in [5, 5.41) is 2.05. The highest BCUT2D eigenvalue weighted by atomic mass is 35.5. The van der Waals surface area contributed by atoms with Gasteiger partial charge in [-0.15, -0.1) is 11.3 Å². The van der Waals surface area contributed by atoms with Crippen LogP contribution in [0, 0.1) is 0 Å². The molecule has 1 amide bonds. The second kappa shape index (κ2) is 7.69. The highest BCUT2D eigenvalue weighted by Gasteiger charge is 2.26. The van der Waals surface area contributed by atoms with E-state index in [9.17, 15) is 4.79 Å². The molecule has 3 heterocycles. The van der Waals surface area contributed by atoms with Crippen molar-refractivity contribution in [1.29, 1.82) is 0 Å². The Morgan fingerprint density at radius 3 is 2.62 bits per heavy atom. The zero-order valence-corrected chi connectivity index (χ0v) is 17.8. The van der Waals surface area contributed by atoms with Gasteiger partial charge in [-0.2, -0.15) is 0 Å². The first kappa shape index (κ1) is 19.0. The molecule has 1 fully saturated rings. The van der Waals surface area contributed by atoms with E-state index in [4.69, 9.17) is 32.7 Å². The molecule has 0 atom stereocenters. The van der Waals surface area contributed by atoms with E-state index in [1.807, 2.05) is 29.2 Å². The predicted molar refractivity (Wildman–Crippen MR) is 116 cm³/mol. The fourth-order valence-corrected chi connectivity index (χ4v) is 5.48. The van der Waals surface area contributed by atoms with Crippen LogP contribution in [0.25, 0.3) is 10.1 Å². The van der Waals surface area contributed by atoms with Crippen molar-refractivity contribution < 1.29 is 14.3 Å². The van der Waals surface area contributed by atoms with Crippen LogP contribution >= 0.6 is 34.5 Å². The van der Waals surface area contributed by atoms with Crippen LogP contribution in [-0.2, 0) is 6.54 Å². The van der Waals surface area contributed by atoms with Crippen LogP contribution in [0.4, 0.5) is 0 Å². The van der Waals surface area contributed by atoms with Gasteiger partial charge in [0.15, 0.2) is 11.5 Å². The largest absolute Gasteiger partial charge is 0.454 e. The molecule has 0 bridgehead atoms. The lowest BCUT2D eigenvalue weighted by atomic mass is 10.1. The van der Waals surface area contributed by atoms with Gasteiger partial charge >= 0.3 is 0 Å². The molecule has 2 aliphatic heterocycles. The number of halogens is 2. The van der Waals surface area contributed by atoms with E-state index >= 15 is 0 Å². The van der Waals surface area contributed by atoms with E-state index in [1.165, 1.54) is 16.9 Å². The summed E-state index contributed by atoms with van der Waals surface area (Å²) < 4.78 is 11.8. The van der Waals surface area contributed by atoms with Crippen LogP contribution in [0.15, 0.2) is 36.4 Å². The summed E-state index contributed by atoms with van der Waals surface area (Å²) in [6.45, 7) is 4.08. The van der Waals surface area contributed by atoms with E-state index < -0.39 is 0 Å². The number of amides is 1. The number of hydrogen-bond acceptors (Lipinski definition) is 5. The molecule has 8 heteroatoms. The third-order valence-electron chi connectivity index (χ3n) is 5.29. The zero-order chi connectivity index (χ0) is 20.0. The quantitative estimate of drug-likeness (QED) is 0.571. The van der Waals surface area contributed by atoms with Crippen molar-refractivity contribution >= 4 is 50.5 Å². The van der Waals surface area contributed by atoms with Crippen molar-refractivity contribution in [2.45, 2.75) is 6.54 Å². The molecule has 0 radical (unpaired) electrons. The van der Waals surface area contributed by atoms with Gasteiger partial charge in [0, 0.05) is 47.8 Å². The minimum atomic E-state index is -0.00458. The van der Waals surface area contributed by atoms with E-state index in [1.54, 1.807) is 6.07 Å². The molecule has 2 aromatic carbocycles. The Bertz CT molecular complexity index is 1090.